The van der Waals surface area contributed by atoms with E-state index in [0.29, 0.717) is 5.75 Å². The lowest BCUT2D eigenvalue weighted by Crippen LogP contribution is -1.88. The van der Waals surface area contributed by atoms with E-state index < -0.39 is 0 Å². The molecule has 138 valence electrons. The Hall–Kier alpha value is -0.500. The number of phenolic OH excluding ortho intramolecular Hbond substituents is 1. The van der Waals surface area contributed by atoms with Crippen LogP contribution in [0.25, 0.3) is 0 Å². The quantitative estimate of drug-likeness (QED) is 0.296. The molecule has 1 nitrogen and oxygen atoms in total. The van der Waals surface area contributed by atoms with Gasteiger partial charge in [-0.15, -0.1) is 0 Å². The van der Waals surface area contributed by atoms with E-state index in [-0.39, 0.29) is 0 Å². The topological polar surface area (TPSA) is 20.2 Å². The minimum Gasteiger partial charge on any atom is -0.507 e. The highest BCUT2D eigenvalue weighted by Crippen LogP contribution is 2.28. The van der Waals surface area contributed by atoms with Gasteiger partial charge in [-0.25, -0.2) is 0 Å². The average Bonchev–Trinajstić information content (AvgIpc) is 2.58. The lowest BCUT2D eigenvalue weighted by Gasteiger charge is -2.06. The van der Waals surface area contributed by atoms with Gasteiger partial charge in [0.25, 0.3) is 0 Å². The number of benzene rings is 1. The molecule has 1 aromatic carbocycles. The van der Waals surface area contributed by atoms with Crippen molar-refractivity contribution < 1.29 is 5.11 Å². The van der Waals surface area contributed by atoms with E-state index in [1.165, 1.54) is 95.5 Å². The first-order valence-electron chi connectivity index (χ1n) is 10.2. The predicted molar refractivity (Wildman–Crippen MR) is 110 cm³/mol. The Bertz CT molecular complexity index is 416. The molecule has 2 heteroatoms. The summed E-state index contributed by atoms with van der Waals surface area (Å²) in [7, 11) is 0. The van der Waals surface area contributed by atoms with Crippen LogP contribution < -0.4 is 0 Å². The first kappa shape index (κ1) is 21.5. The summed E-state index contributed by atoms with van der Waals surface area (Å²) in [5.74, 6) is 0.359. The van der Waals surface area contributed by atoms with Gasteiger partial charge in [0.05, 0.1) is 4.47 Å². The fourth-order valence-corrected chi connectivity index (χ4v) is 3.73. The molecule has 0 aliphatic carbocycles. The number of unbranched alkanes of at least 4 members (excludes halogenated alkanes) is 13. The van der Waals surface area contributed by atoms with Crippen LogP contribution in [0.5, 0.6) is 5.75 Å². The third kappa shape index (κ3) is 10.4. The van der Waals surface area contributed by atoms with Crippen molar-refractivity contribution in [3.05, 3.63) is 28.2 Å². The maximum Gasteiger partial charge on any atom is 0.130 e. The summed E-state index contributed by atoms with van der Waals surface area (Å²) >= 11 is 3.47. The van der Waals surface area contributed by atoms with Crippen LogP contribution in [0.15, 0.2) is 22.7 Å². The number of rotatable bonds is 15. The van der Waals surface area contributed by atoms with Crippen LogP contribution >= 0.6 is 15.9 Å². The second-order valence-corrected chi connectivity index (χ2v) is 7.89. The molecule has 1 aromatic rings. The Labute approximate surface area is 158 Å². The van der Waals surface area contributed by atoms with Crippen molar-refractivity contribution in [2.45, 2.75) is 103 Å². The zero-order valence-electron chi connectivity index (χ0n) is 15.7. The van der Waals surface area contributed by atoms with Crippen LogP contribution in [0.2, 0.25) is 0 Å². The first-order chi connectivity index (χ1) is 11.8. The van der Waals surface area contributed by atoms with Crippen molar-refractivity contribution in [2.75, 3.05) is 0 Å². The summed E-state index contributed by atoms with van der Waals surface area (Å²) < 4.78 is 0.875. The number of halogens is 1. The number of aryl methyl sites for hydroxylation is 1. The second kappa shape index (κ2) is 14.8. The normalized spacial score (nSPS) is 11.1. The zero-order valence-corrected chi connectivity index (χ0v) is 17.2. The van der Waals surface area contributed by atoms with Gasteiger partial charge in [0.1, 0.15) is 5.75 Å². The summed E-state index contributed by atoms with van der Waals surface area (Å²) in [6.07, 6.45) is 20.6. The molecule has 0 aliphatic rings. The highest BCUT2D eigenvalue weighted by molar-refractivity contribution is 9.10. The van der Waals surface area contributed by atoms with E-state index in [9.17, 15) is 5.11 Å². The van der Waals surface area contributed by atoms with E-state index in [2.05, 4.69) is 28.9 Å². The van der Waals surface area contributed by atoms with Crippen molar-refractivity contribution in [3.63, 3.8) is 0 Å². The van der Waals surface area contributed by atoms with Crippen LogP contribution in [0, 0.1) is 0 Å². The molecule has 24 heavy (non-hydrogen) atoms. The Balaban J connectivity index is 1.85. The lowest BCUT2D eigenvalue weighted by molar-refractivity contribution is 0.470. The second-order valence-electron chi connectivity index (χ2n) is 7.10. The van der Waals surface area contributed by atoms with Crippen LogP contribution in [0.3, 0.4) is 0 Å². The molecule has 1 N–H and O–H groups in total. The molecule has 0 amide bonds. The molecule has 0 saturated heterocycles. The van der Waals surface area contributed by atoms with Gasteiger partial charge in [0.15, 0.2) is 0 Å². The standard InChI is InChI=1S/C22H37BrO/c1-2-3-4-5-6-7-8-9-10-11-12-13-14-15-17-20-18-16-19-21(24)22(20)23/h16,18-19,24H,2-15,17H2,1H3. The van der Waals surface area contributed by atoms with Gasteiger partial charge < -0.3 is 5.11 Å². The van der Waals surface area contributed by atoms with Gasteiger partial charge in [0.2, 0.25) is 0 Å². The number of hydrogen-bond donors (Lipinski definition) is 1. The van der Waals surface area contributed by atoms with Crippen molar-refractivity contribution in [1.82, 2.24) is 0 Å². The van der Waals surface area contributed by atoms with E-state index in [4.69, 9.17) is 0 Å². The molecule has 0 aliphatic heterocycles. The zero-order chi connectivity index (χ0) is 17.5. The van der Waals surface area contributed by atoms with E-state index in [0.717, 1.165) is 10.9 Å². The van der Waals surface area contributed by atoms with Gasteiger partial charge in [0, 0.05) is 0 Å². The highest BCUT2D eigenvalue weighted by atomic mass is 79.9. The molecule has 0 heterocycles. The Morgan fingerprint density at radius 1 is 0.708 bits per heavy atom. The molecule has 0 unspecified atom stereocenters. The van der Waals surface area contributed by atoms with Gasteiger partial charge >= 0.3 is 0 Å². The largest absolute Gasteiger partial charge is 0.507 e. The summed E-state index contributed by atoms with van der Waals surface area (Å²) in [6, 6.07) is 5.77. The summed E-state index contributed by atoms with van der Waals surface area (Å²) in [6.45, 7) is 2.28. The maximum absolute atomic E-state index is 9.67. The minimum atomic E-state index is 0.359. The Morgan fingerprint density at radius 2 is 1.17 bits per heavy atom. The van der Waals surface area contributed by atoms with Crippen molar-refractivity contribution in [1.29, 1.82) is 0 Å². The van der Waals surface area contributed by atoms with Crippen LogP contribution in [0.1, 0.15) is 102 Å². The van der Waals surface area contributed by atoms with Gasteiger partial charge in [-0.1, -0.05) is 103 Å². The highest BCUT2D eigenvalue weighted by Gasteiger charge is 2.03. The monoisotopic (exact) mass is 396 g/mol. The van der Waals surface area contributed by atoms with Crippen molar-refractivity contribution in [3.8, 4) is 5.75 Å². The van der Waals surface area contributed by atoms with E-state index in [1.807, 2.05) is 6.07 Å². The van der Waals surface area contributed by atoms with Gasteiger partial charge in [-0.2, -0.15) is 0 Å². The number of hydrogen-bond acceptors (Lipinski definition) is 1. The van der Waals surface area contributed by atoms with Gasteiger partial charge in [-0.05, 0) is 40.4 Å². The van der Waals surface area contributed by atoms with E-state index in [1.54, 1.807) is 6.07 Å². The summed E-state index contributed by atoms with van der Waals surface area (Å²) in [4.78, 5) is 0. The molecule has 0 saturated carbocycles. The first-order valence-corrected chi connectivity index (χ1v) is 11.0. The lowest BCUT2D eigenvalue weighted by atomic mass is 10.0. The fourth-order valence-electron chi connectivity index (χ4n) is 3.27. The summed E-state index contributed by atoms with van der Waals surface area (Å²) in [5.41, 5.74) is 1.23. The number of aromatic hydroxyl groups is 1. The minimum absolute atomic E-state index is 0.359. The van der Waals surface area contributed by atoms with E-state index >= 15 is 0 Å². The third-order valence-corrected chi connectivity index (χ3v) is 5.77. The average molecular weight is 397 g/mol. The molecule has 1 rings (SSSR count). The molecule has 0 aromatic heterocycles. The molecule has 0 radical (unpaired) electrons. The molecule has 0 bridgehead atoms. The maximum atomic E-state index is 9.67. The SMILES string of the molecule is CCCCCCCCCCCCCCCCc1cccc(O)c1Br. The molecule has 0 fully saturated rings. The predicted octanol–water partition coefficient (Wildman–Crippen LogP) is 8.18. The van der Waals surface area contributed by atoms with Gasteiger partial charge in [-0.3, -0.25) is 0 Å². The van der Waals surface area contributed by atoms with Crippen LogP contribution in [0.4, 0.5) is 0 Å². The smallest absolute Gasteiger partial charge is 0.130 e. The Kier molecular flexibility index (Phi) is 13.3. The van der Waals surface area contributed by atoms with Crippen molar-refractivity contribution >= 4 is 15.9 Å². The van der Waals surface area contributed by atoms with Crippen LogP contribution in [-0.4, -0.2) is 5.11 Å². The Morgan fingerprint density at radius 3 is 1.67 bits per heavy atom. The number of phenols is 1. The molecular formula is C22H37BrO. The van der Waals surface area contributed by atoms with Crippen molar-refractivity contribution in [2.24, 2.45) is 0 Å². The third-order valence-electron chi connectivity index (χ3n) is 4.86. The molecular weight excluding hydrogens is 360 g/mol. The molecule has 0 atom stereocenters. The van der Waals surface area contributed by atoms with Crippen LogP contribution in [-0.2, 0) is 6.42 Å². The summed E-state index contributed by atoms with van der Waals surface area (Å²) in [5, 5.41) is 9.67. The molecule has 0 spiro atoms. The fraction of sp³-hybridized carbons (Fsp3) is 0.727.